The lowest BCUT2D eigenvalue weighted by Crippen LogP contribution is -2.41. The smallest absolute Gasteiger partial charge is 0.414 e. The average Bonchev–Trinajstić information content (AvgIpc) is 3.27. The molecule has 0 radical (unpaired) electrons. The van der Waals surface area contributed by atoms with Crippen molar-refractivity contribution in [2.45, 2.75) is 31.9 Å². The number of benzene rings is 2. The summed E-state index contributed by atoms with van der Waals surface area (Å²) in [5, 5.41) is 0. The third-order valence-corrected chi connectivity index (χ3v) is 6.20. The van der Waals surface area contributed by atoms with E-state index in [0.29, 0.717) is 6.54 Å². The lowest BCUT2D eigenvalue weighted by molar-refractivity contribution is 0.0925. The third-order valence-electron chi connectivity index (χ3n) is 6.20. The summed E-state index contributed by atoms with van der Waals surface area (Å²) in [5.74, 6) is 0. The summed E-state index contributed by atoms with van der Waals surface area (Å²) in [4.78, 5) is 31.8. The Hall–Kier alpha value is -3.06. The molecule has 0 spiro atoms. The Morgan fingerprint density at radius 2 is 1.87 bits per heavy atom. The minimum atomic E-state index is -0.272. The summed E-state index contributed by atoms with van der Waals surface area (Å²) in [6.45, 7) is 5.09. The molecule has 2 fully saturated rings. The zero-order valence-corrected chi connectivity index (χ0v) is 17.1. The van der Waals surface area contributed by atoms with Gasteiger partial charge in [0.25, 0.3) is 0 Å². The maximum Gasteiger partial charge on any atom is 0.414 e. The number of rotatable bonds is 4. The lowest BCUT2D eigenvalue weighted by atomic mass is 10.0. The van der Waals surface area contributed by atoms with Gasteiger partial charge in [-0.05, 0) is 49.6 Å². The molecule has 3 aromatic rings. The number of anilines is 1. The Kier molecular flexibility index (Phi) is 4.83. The van der Waals surface area contributed by atoms with Crippen LogP contribution < -0.4 is 10.6 Å². The lowest BCUT2D eigenvalue weighted by Gasteiger charge is -2.33. The summed E-state index contributed by atoms with van der Waals surface area (Å²) in [6.07, 6.45) is 1.41. The summed E-state index contributed by atoms with van der Waals surface area (Å²) in [5.41, 5.74) is 3.84. The van der Waals surface area contributed by atoms with Crippen molar-refractivity contribution in [3.05, 3.63) is 64.6 Å². The number of cyclic esters (lactones) is 1. The fourth-order valence-electron chi connectivity index (χ4n) is 4.71. The number of nitrogens with zero attached hydrogens (tertiary/aromatic N) is 3. The Morgan fingerprint density at radius 1 is 1.07 bits per heavy atom. The molecule has 1 unspecified atom stereocenters. The van der Waals surface area contributed by atoms with E-state index in [-0.39, 0.29) is 23.9 Å². The maximum absolute atomic E-state index is 12.5. The van der Waals surface area contributed by atoms with E-state index >= 15 is 0 Å². The van der Waals surface area contributed by atoms with Crippen LogP contribution in [0.25, 0.3) is 11.0 Å². The summed E-state index contributed by atoms with van der Waals surface area (Å²) in [6, 6.07) is 16.0. The van der Waals surface area contributed by atoms with Gasteiger partial charge in [0.1, 0.15) is 6.10 Å². The van der Waals surface area contributed by atoms with Crippen LogP contribution >= 0.6 is 0 Å². The van der Waals surface area contributed by atoms with Gasteiger partial charge in [-0.1, -0.05) is 24.3 Å². The highest BCUT2D eigenvalue weighted by Gasteiger charge is 2.34. The highest BCUT2D eigenvalue weighted by molar-refractivity contribution is 5.89. The standard InChI is InChI=1S/C23H26N4O3/c1-16-5-4-6-18(13-16)26-15-19(30-23(26)29)14-25-11-9-17(10-12-25)27-21-8-3-2-7-20(21)24-22(27)28/h2-8,13,17,19H,9-12,14-15H2,1H3,(H,24,28). The number of hydrogen-bond acceptors (Lipinski definition) is 4. The number of para-hydroxylation sites is 2. The number of fused-ring (bicyclic) bond motifs is 1. The van der Waals surface area contributed by atoms with E-state index in [4.69, 9.17) is 4.74 Å². The van der Waals surface area contributed by atoms with Gasteiger partial charge in [0, 0.05) is 31.4 Å². The summed E-state index contributed by atoms with van der Waals surface area (Å²) >= 11 is 0. The number of aryl methyl sites for hydroxylation is 1. The quantitative estimate of drug-likeness (QED) is 0.722. The van der Waals surface area contributed by atoms with Gasteiger partial charge in [-0.25, -0.2) is 9.59 Å². The molecule has 7 heteroatoms. The minimum absolute atomic E-state index is 0.0341. The molecule has 2 saturated heterocycles. The van der Waals surface area contributed by atoms with Gasteiger partial charge in [-0.2, -0.15) is 0 Å². The van der Waals surface area contributed by atoms with Crippen LogP contribution in [0, 0.1) is 6.92 Å². The fourth-order valence-corrected chi connectivity index (χ4v) is 4.71. The third kappa shape index (κ3) is 3.50. The number of nitrogens with one attached hydrogen (secondary N) is 1. The van der Waals surface area contributed by atoms with Crippen LogP contribution in [0.3, 0.4) is 0 Å². The van der Waals surface area contributed by atoms with Gasteiger partial charge in [0.15, 0.2) is 0 Å². The van der Waals surface area contributed by atoms with Crippen molar-refractivity contribution in [2.75, 3.05) is 31.1 Å². The highest BCUT2D eigenvalue weighted by Crippen LogP contribution is 2.27. The second-order valence-corrected chi connectivity index (χ2v) is 8.30. The molecule has 5 rings (SSSR count). The zero-order valence-electron chi connectivity index (χ0n) is 17.1. The van der Waals surface area contributed by atoms with Gasteiger partial charge in [0.05, 0.1) is 17.6 Å². The predicted octanol–water partition coefficient (Wildman–Crippen LogP) is 3.30. The molecule has 0 aliphatic carbocycles. The van der Waals surface area contributed by atoms with Gasteiger partial charge in [-0.15, -0.1) is 0 Å². The SMILES string of the molecule is Cc1cccc(N2CC(CN3CCC(n4c(=O)[nH]c5ccccc54)CC3)OC2=O)c1. The molecule has 156 valence electrons. The van der Waals surface area contributed by atoms with E-state index in [2.05, 4.69) is 9.88 Å². The number of carbonyl (C=O) groups excluding carboxylic acids is 1. The molecular formula is C23H26N4O3. The molecular weight excluding hydrogens is 380 g/mol. The van der Waals surface area contributed by atoms with E-state index in [1.54, 1.807) is 4.90 Å². The largest absolute Gasteiger partial charge is 0.443 e. The van der Waals surface area contributed by atoms with Crippen LogP contribution in [0.15, 0.2) is 53.3 Å². The number of imidazole rings is 1. The van der Waals surface area contributed by atoms with E-state index < -0.39 is 0 Å². The number of amides is 1. The summed E-state index contributed by atoms with van der Waals surface area (Å²) < 4.78 is 7.54. The van der Waals surface area contributed by atoms with Crippen molar-refractivity contribution in [3.63, 3.8) is 0 Å². The van der Waals surface area contributed by atoms with Crippen LogP contribution in [-0.4, -0.2) is 52.8 Å². The maximum atomic E-state index is 12.5. The van der Waals surface area contributed by atoms with Crippen molar-refractivity contribution >= 4 is 22.8 Å². The van der Waals surface area contributed by atoms with Crippen molar-refractivity contribution in [1.29, 1.82) is 0 Å². The minimum Gasteiger partial charge on any atom is -0.443 e. The van der Waals surface area contributed by atoms with Crippen molar-refractivity contribution in [1.82, 2.24) is 14.5 Å². The molecule has 0 saturated carbocycles. The number of likely N-dealkylation sites (tertiary alicyclic amines) is 1. The first-order chi connectivity index (χ1) is 14.6. The zero-order chi connectivity index (χ0) is 20.7. The molecule has 2 aromatic carbocycles. The monoisotopic (exact) mass is 406 g/mol. The molecule has 1 atom stereocenters. The van der Waals surface area contributed by atoms with E-state index in [0.717, 1.165) is 54.8 Å². The number of ether oxygens (including phenoxy) is 1. The predicted molar refractivity (Wildman–Crippen MR) is 116 cm³/mol. The number of H-pyrrole nitrogens is 1. The van der Waals surface area contributed by atoms with Crippen molar-refractivity contribution in [2.24, 2.45) is 0 Å². The Labute approximate surface area is 174 Å². The molecule has 7 nitrogen and oxygen atoms in total. The number of aromatic nitrogens is 2. The normalized spacial score (nSPS) is 20.8. The van der Waals surface area contributed by atoms with Gasteiger partial charge in [0.2, 0.25) is 0 Å². The van der Waals surface area contributed by atoms with Crippen LogP contribution in [0.4, 0.5) is 10.5 Å². The first-order valence-electron chi connectivity index (χ1n) is 10.5. The van der Waals surface area contributed by atoms with Crippen LogP contribution in [-0.2, 0) is 4.74 Å². The molecule has 0 bridgehead atoms. The first kappa shape index (κ1) is 18.9. The van der Waals surface area contributed by atoms with Crippen molar-refractivity contribution < 1.29 is 9.53 Å². The van der Waals surface area contributed by atoms with E-state index in [9.17, 15) is 9.59 Å². The molecule has 2 aliphatic heterocycles. The Morgan fingerprint density at radius 3 is 2.67 bits per heavy atom. The summed E-state index contributed by atoms with van der Waals surface area (Å²) in [7, 11) is 0. The van der Waals surface area contributed by atoms with Crippen molar-refractivity contribution in [3.8, 4) is 0 Å². The molecule has 1 amide bonds. The fraction of sp³-hybridized carbons (Fsp3) is 0.391. The number of hydrogen-bond donors (Lipinski definition) is 1. The highest BCUT2D eigenvalue weighted by atomic mass is 16.6. The average molecular weight is 406 g/mol. The van der Waals surface area contributed by atoms with E-state index in [1.165, 1.54) is 0 Å². The topological polar surface area (TPSA) is 70.6 Å². The molecule has 30 heavy (non-hydrogen) atoms. The number of aromatic amines is 1. The Balaban J connectivity index is 1.21. The Bertz CT molecular complexity index is 1130. The number of piperidine rings is 1. The van der Waals surface area contributed by atoms with Crippen LogP contribution in [0.5, 0.6) is 0 Å². The van der Waals surface area contributed by atoms with Gasteiger partial charge >= 0.3 is 11.8 Å². The van der Waals surface area contributed by atoms with E-state index in [1.807, 2.05) is 60.0 Å². The number of carbonyl (C=O) groups is 1. The second-order valence-electron chi connectivity index (χ2n) is 8.30. The van der Waals surface area contributed by atoms with Crippen LogP contribution in [0.1, 0.15) is 24.4 Å². The first-order valence-corrected chi connectivity index (χ1v) is 10.5. The van der Waals surface area contributed by atoms with Gasteiger partial charge < -0.3 is 9.72 Å². The second kappa shape index (κ2) is 7.65. The molecule has 3 heterocycles. The molecule has 2 aliphatic rings. The molecule has 1 aromatic heterocycles. The van der Waals surface area contributed by atoms with Gasteiger partial charge in [-0.3, -0.25) is 14.4 Å². The van der Waals surface area contributed by atoms with Crippen LogP contribution in [0.2, 0.25) is 0 Å². The molecule has 1 N–H and O–H groups in total.